The number of rotatable bonds is 6. The van der Waals surface area contributed by atoms with Crippen molar-refractivity contribution in [3.8, 4) is 0 Å². The summed E-state index contributed by atoms with van der Waals surface area (Å²) in [6.07, 6.45) is 1.63. The highest BCUT2D eigenvalue weighted by Gasteiger charge is 2.38. The van der Waals surface area contributed by atoms with Crippen LogP contribution in [0.25, 0.3) is 6.08 Å². The molecule has 0 bridgehead atoms. The van der Waals surface area contributed by atoms with Crippen molar-refractivity contribution in [2.45, 2.75) is 5.37 Å². The molecule has 2 aliphatic heterocycles. The van der Waals surface area contributed by atoms with Crippen LogP contribution in [0.4, 0.5) is 10.5 Å². The molecular formula is C21H16ClN3O5S2. The minimum atomic E-state index is -0.484. The molecule has 1 unspecified atom stereocenters. The molecule has 4 rings (SSSR count). The summed E-state index contributed by atoms with van der Waals surface area (Å²) in [5, 5.41) is 10.8. The molecule has 8 nitrogen and oxygen atoms in total. The predicted molar refractivity (Wildman–Crippen MR) is 124 cm³/mol. The van der Waals surface area contributed by atoms with Crippen molar-refractivity contribution in [2.24, 2.45) is 0 Å². The first-order valence-corrected chi connectivity index (χ1v) is 11.7. The standard InChI is InChI=1S/C21H16ClN3O5S2/c22-15-6-4-13(5-7-15)10-17-19(27)24(21(28)32-17)9-8-23-18(26)12-31-20(23)14-2-1-3-16(11-14)25(29)30/h1-7,10-11,20H,8-9,12H2/b17-10+. The minimum Gasteiger partial charge on any atom is -0.324 e. The van der Waals surface area contributed by atoms with Crippen LogP contribution in [0, 0.1) is 10.1 Å². The Morgan fingerprint density at radius 2 is 1.88 bits per heavy atom. The number of non-ortho nitro benzene ring substituents is 1. The summed E-state index contributed by atoms with van der Waals surface area (Å²) in [7, 11) is 0. The Hall–Kier alpha value is -2.82. The number of amides is 3. The summed E-state index contributed by atoms with van der Waals surface area (Å²) in [4.78, 5) is 51.2. The summed E-state index contributed by atoms with van der Waals surface area (Å²) in [5.41, 5.74) is 1.32. The summed E-state index contributed by atoms with van der Waals surface area (Å²) < 4.78 is 0. The first-order valence-electron chi connectivity index (χ1n) is 9.50. The molecule has 164 valence electrons. The third kappa shape index (κ3) is 4.67. The quantitative estimate of drug-likeness (QED) is 0.333. The molecule has 1 atom stereocenters. The van der Waals surface area contributed by atoms with Crippen LogP contribution in [0.3, 0.4) is 0 Å². The van der Waals surface area contributed by atoms with Gasteiger partial charge in [-0.25, -0.2) is 0 Å². The second kappa shape index (κ2) is 9.35. The van der Waals surface area contributed by atoms with Gasteiger partial charge in [0.1, 0.15) is 5.37 Å². The van der Waals surface area contributed by atoms with E-state index in [0.717, 1.165) is 22.2 Å². The van der Waals surface area contributed by atoms with Gasteiger partial charge in [0.25, 0.3) is 16.8 Å². The fourth-order valence-electron chi connectivity index (χ4n) is 3.37. The van der Waals surface area contributed by atoms with Gasteiger partial charge in [-0.2, -0.15) is 0 Å². The lowest BCUT2D eigenvalue weighted by molar-refractivity contribution is -0.384. The normalized spacial score (nSPS) is 20.0. The SMILES string of the molecule is O=C1S/C(=C/c2ccc(Cl)cc2)C(=O)N1CCN1C(=O)CSC1c1cccc([N+](=O)[O-])c1. The average molecular weight is 490 g/mol. The van der Waals surface area contributed by atoms with Gasteiger partial charge < -0.3 is 4.90 Å². The number of nitro groups is 1. The maximum Gasteiger partial charge on any atom is 0.293 e. The van der Waals surface area contributed by atoms with Gasteiger partial charge in [-0.1, -0.05) is 35.9 Å². The van der Waals surface area contributed by atoms with E-state index in [1.54, 1.807) is 47.4 Å². The number of imide groups is 1. The van der Waals surface area contributed by atoms with E-state index < -0.39 is 21.4 Å². The van der Waals surface area contributed by atoms with E-state index in [9.17, 15) is 24.5 Å². The Morgan fingerprint density at radius 3 is 2.59 bits per heavy atom. The lowest BCUT2D eigenvalue weighted by Crippen LogP contribution is -2.39. The second-order valence-electron chi connectivity index (χ2n) is 6.99. The molecule has 2 saturated heterocycles. The molecule has 0 aliphatic carbocycles. The van der Waals surface area contributed by atoms with Crippen molar-refractivity contribution in [1.29, 1.82) is 0 Å². The maximum atomic E-state index is 12.8. The molecule has 2 fully saturated rings. The minimum absolute atomic E-state index is 0.0420. The summed E-state index contributed by atoms with van der Waals surface area (Å²) in [6, 6.07) is 13.0. The van der Waals surface area contributed by atoms with E-state index in [2.05, 4.69) is 0 Å². The number of halogens is 1. The summed E-state index contributed by atoms with van der Waals surface area (Å²) >= 11 is 8.08. The zero-order valence-corrected chi connectivity index (χ0v) is 18.9. The summed E-state index contributed by atoms with van der Waals surface area (Å²) in [6.45, 7) is 0.186. The zero-order valence-electron chi connectivity index (χ0n) is 16.5. The highest BCUT2D eigenvalue weighted by atomic mass is 35.5. The van der Waals surface area contributed by atoms with Crippen LogP contribution >= 0.6 is 35.1 Å². The fraction of sp³-hybridized carbons (Fsp3) is 0.190. The van der Waals surface area contributed by atoms with Crippen LogP contribution in [0.5, 0.6) is 0 Å². The molecule has 0 aromatic heterocycles. The van der Waals surface area contributed by atoms with Crippen LogP contribution in [0.1, 0.15) is 16.5 Å². The molecule has 2 aromatic carbocycles. The van der Waals surface area contributed by atoms with Gasteiger partial charge >= 0.3 is 0 Å². The molecule has 2 aliphatic rings. The Balaban J connectivity index is 1.47. The van der Waals surface area contributed by atoms with E-state index in [-0.39, 0.29) is 30.4 Å². The Bertz CT molecular complexity index is 1140. The summed E-state index contributed by atoms with van der Waals surface area (Å²) in [5.74, 6) is -0.331. The van der Waals surface area contributed by atoms with E-state index in [4.69, 9.17) is 11.6 Å². The van der Waals surface area contributed by atoms with Gasteiger partial charge in [-0.15, -0.1) is 11.8 Å². The lowest BCUT2D eigenvalue weighted by atomic mass is 10.2. The number of hydrogen-bond donors (Lipinski definition) is 0. The van der Waals surface area contributed by atoms with Gasteiger partial charge in [0.05, 0.1) is 15.6 Å². The van der Waals surface area contributed by atoms with Crippen molar-refractivity contribution in [3.63, 3.8) is 0 Å². The van der Waals surface area contributed by atoms with Crippen LogP contribution < -0.4 is 0 Å². The Labute approximate surface area is 196 Å². The van der Waals surface area contributed by atoms with Gasteiger partial charge in [-0.3, -0.25) is 29.4 Å². The van der Waals surface area contributed by atoms with E-state index >= 15 is 0 Å². The number of hydrogen-bond acceptors (Lipinski definition) is 7. The zero-order chi connectivity index (χ0) is 22.8. The predicted octanol–water partition coefficient (Wildman–Crippen LogP) is 4.56. The molecule has 3 amide bonds. The van der Waals surface area contributed by atoms with Crippen molar-refractivity contribution in [2.75, 3.05) is 18.8 Å². The van der Waals surface area contributed by atoms with Crippen LogP contribution in [-0.4, -0.2) is 50.6 Å². The number of nitro benzene ring substituents is 1. The second-order valence-corrected chi connectivity index (χ2v) is 9.49. The number of benzene rings is 2. The first kappa shape index (κ1) is 22.4. The number of thioether (sulfide) groups is 2. The van der Waals surface area contributed by atoms with Gasteiger partial charge in [0.15, 0.2) is 0 Å². The molecule has 0 spiro atoms. The average Bonchev–Trinajstić information content (AvgIpc) is 3.27. The Morgan fingerprint density at radius 1 is 1.12 bits per heavy atom. The van der Waals surface area contributed by atoms with E-state index in [0.29, 0.717) is 15.5 Å². The molecule has 2 heterocycles. The molecular weight excluding hydrogens is 474 g/mol. The lowest BCUT2D eigenvalue weighted by Gasteiger charge is -2.25. The maximum absolute atomic E-state index is 12.8. The number of nitrogens with zero attached hydrogens (tertiary/aromatic N) is 3. The number of carbonyl (C=O) groups is 3. The van der Waals surface area contributed by atoms with Gasteiger partial charge in [0.2, 0.25) is 5.91 Å². The van der Waals surface area contributed by atoms with Gasteiger partial charge in [0, 0.05) is 30.2 Å². The van der Waals surface area contributed by atoms with Crippen molar-refractivity contribution >= 4 is 63.9 Å². The molecule has 0 N–H and O–H groups in total. The van der Waals surface area contributed by atoms with Crippen molar-refractivity contribution in [1.82, 2.24) is 9.80 Å². The highest BCUT2D eigenvalue weighted by molar-refractivity contribution is 8.18. The topological polar surface area (TPSA) is 101 Å². The molecule has 2 aromatic rings. The Kier molecular flexibility index (Phi) is 6.54. The van der Waals surface area contributed by atoms with E-state index in [1.165, 1.54) is 23.9 Å². The van der Waals surface area contributed by atoms with Crippen molar-refractivity contribution < 1.29 is 19.3 Å². The fourth-order valence-corrected chi connectivity index (χ4v) is 5.57. The first-order chi connectivity index (χ1) is 15.3. The smallest absolute Gasteiger partial charge is 0.293 e. The number of carbonyl (C=O) groups excluding carboxylic acids is 3. The van der Waals surface area contributed by atoms with Crippen molar-refractivity contribution in [3.05, 3.63) is 79.7 Å². The van der Waals surface area contributed by atoms with Crippen LogP contribution in [0.15, 0.2) is 53.4 Å². The van der Waals surface area contributed by atoms with Gasteiger partial charge in [-0.05, 0) is 41.1 Å². The molecule has 0 saturated carbocycles. The van der Waals surface area contributed by atoms with Crippen LogP contribution in [-0.2, 0) is 9.59 Å². The molecule has 32 heavy (non-hydrogen) atoms. The largest absolute Gasteiger partial charge is 0.324 e. The van der Waals surface area contributed by atoms with E-state index in [1.807, 2.05) is 0 Å². The third-order valence-corrected chi connectivity index (χ3v) is 7.36. The monoisotopic (exact) mass is 489 g/mol. The highest BCUT2D eigenvalue weighted by Crippen LogP contribution is 2.40. The molecule has 11 heteroatoms. The molecule has 0 radical (unpaired) electrons. The third-order valence-electron chi connectivity index (χ3n) is 4.94. The van der Waals surface area contributed by atoms with Crippen LogP contribution in [0.2, 0.25) is 5.02 Å².